The third kappa shape index (κ3) is 5.30. The molecule has 1 aliphatic rings. The first-order chi connectivity index (χ1) is 31.3. The summed E-state index contributed by atoms with van der Waals surface area (Å²) in [6.07, 6.45) is 0. The summed E-state index contributed by atoms with van der Waals surface area (Å²) in [7, 11) is -2.57. The SMILES string of the molecule is c1ccc(-c2ccc(-n3c4ccccc4c4cc(-c5ccc6c(c5)c5ccccc5n6-c5ccc([Si]6(c7ccccc7)c7ccccc7-c7ccccc76)cc5)ccc43)cc2)cc1. The van der Waals surface area contributed by atoms with Crippen LogP contribution in [0.1, 0.15) is 0 Å². The molecule has 0 atom stereocenters. The van der Waals surface area contributed by atoms with Crippen LogP contribution < -0.4 is 20.7 Å². The fraction of sp³-hybridized carbons (Fsp3) is 0. The van der Waals surface area contributed by atoms with Crippen LogP contribution >= 0.6 is 0 Å². The van der Waals surface area contributed by atoms with Crippen molar-refractivity contribution in [2.24, 2.45) is 0 Å². The van der Waals surface area contributed by atoms with Gasteiger partial charge < -0.3 is 9.13 Å². The third-order valence-electron chi connectivity index (χ3n) is 13.6. The summed E-state index contributed by atoms with van der Waals surface area (Å²) in [5.41, 5.74) is 14.7. The summed E-state index contributed by atoms with van der Waals surface area (Å²) in [5.74, 6) is 0. The summed E-state index contributed by atoms with van der Waals surface area (Å²) in [6.45, 7) is 0. The van der Waals surface area contributed by atoms with Gasteiger partial charge in [-0.3, -0.25) is 0 Å². The molecule has 0 spiro atoms. The highest BCUT2D eigenvalue weighted by Crippen LogP contribution is 2.39. The molecule has 0 N–H and O–H groups in total. The van der Waals surface area contributed by atoms with Gasteiger partial charge in [-0.1, -0.05) is 182 Å². The summed E-state index contributed by atoms with van der Waals surface area (Å²) < 4.78 is 4.85. The van der Waals surface area contributed by atoms with E-state index in [-0.39, 0.29) is 0 Å². The van der Waals surface area contributed by atoms with Crippen LogP contribution in [0, 0.1) is 0 Å². The van der Waals surface area contributed by atoms with Crippen molar-refractivity contribution in [1.29, 1.82) is 0 Å². The molecule has 13 rings (SSSR count). The Morgan fingerprint density at radius 3 is 1.17 bits per heavy atom. The predicted molar refractivity (Wildman–Crippen MR) is 269 cm³/mol. The van der Waals surface area contributed by atoms with E-state index in [0.29, 0.717) is 0 Å². The first-order valence-corrected chi connectivity index (χ1v) is 23.8. The first kappa shape index (κ1) is 35.7. The van der Waals surface area contributed by atoms with Gasteiger partial charge in [-0.2, -0.15) is 0 Å². The average Bonchev–Trinajstić information content (AvgIpc) is 3.99. The smallest absolute Gasteiger partial charge is 0.180 e. The van der Waals surface area contributed by atoms with Crippen LogP contribution in [-0.2, 0) is 0 Å². The molecular formula is C60H40N2Si. The lowest BCUT2D eigenvalue weighted by molar-refractivity contribution is 1.18. The monoisotopic (exact) mass is 816 g/mol. The first-order valence-electron chi connectivity index (χ1n) is 21.8. The molecule has 2 aromatic heterocycles. The molecule has 0 saturated heterocycles. The highest BCUT2D eigenvalue weighted by atomic mass is 28.3. The molecule has 0 amide bonds. The lowest BCUT2D eigenvalue weighted by Gasteiger charge is -2.31. The second-order valence-electron chi connectivity index (χ2n) is 16.8. The molecule has 12 aromatic rings. The van der Waals surface area contributed by atoms with Crippen molar-refractivity contribution < 1.29 is 0 Å². The van der Waals surface area contributed by atoms with Crippen molar-refractivity contribution in [3.8, 4) is 44.8 Å². The Hall–Kier alpha value is -7.98. The van der Waals surface area contributed by atoms with Gasteiger partial charge in [0.15, 0.2) is 8.07 Å². The predicted octanol–water partition coefficient (Wildman–Crippen LogP) is 12.6. The second kappa shape index (κ2) is 14.0. The highest BCUT2D eigenvalue weighted by Gasteiger charge is 2.48. The molecule has 3 heterocycles. The van der Waals surface area contributed by atoms with Gasteiger partial charge in [0.1, 0.15) is 0 Å². The Labute approximate surface area is 367 Å². The van der Waals surface area contributed by atoms with Gasteiger partial charge in [0.05, 0.1) is 22.1 Å². The van der Waals surface area contributed by atoms with Crippen molar-refractivity contribution in [3.63, 3.8) is 0 Å². The van der Waals surface area contributed by atoms with Crippen molar-refractivity contribution in [2.45, 2.75) is 0 Å². The molecule has 0 saturated carbocycles. The van der Waals surface area contributed by atoms with Crippen molar-refractivity contribution in [1.82, 2.24) is 9.13 Å². The van der Waals surface area contributed by atoms with Crippen molar-refractivity contribution >= 4 is 72.4 Å². The number of para-hydroxylation sites is 2. The second-order valence-corrected chi connectivity index (χ2v) is 20.6. The van der Waals surface area contributed by atoms with E-state index in [1.165, 1.54) is 103 Å². The molecule has 0 radical (unpaired) electrons. The number of hydrogen-bond donors (Lipinski definition) is 0. The van der Waals surface area contributed by atoms with E-state index in [1.54, 1.807) is 0 Å². The maximum atomic E-state index is 2.45. The zero-order chi connectivity index (χ0) is 41.5. The van der Waals surface area contributed by atoms with E-state index in [2.05, 4.69) is 252 Å². The van der Waals surface area contributed by atoms with Crippen LogP contribution in [0.3, 0.4) is 0 Å². The topological polar surface area (TPSA) is 9.86 Å². The van der Waals surface area contributed by atoms with Crippen LogP contribution in [-0.4, -0.2) is 17.2 Å². The molecule has 63 heavy (non-hydrogen) atoms. The lowest BCUT2D eigenvalue weighted by atomic mass is 10.0. The number of hydrogen-bond acceptors (Lipinski definition) is 0. The number of aromatic nitrogens is 2. The van der Waals surface area contributed by atoms with Gasteiger partial charge in [0.2, 0.25) is 0 Å². The molecule has 294 valence electrons. The van der Waals surface area contributed by atoms with Gasteiger partial charge in [-0.05, 0) is 115 Å². The Kier molecular flexibility index (Phi) is 7.96. The normalized spacial score (nSPS) is 12.9. The summed E-state index contributed by atoms with van der Waals surface area (Å²) >= 11 is 0. The zero-order valence-corrected chi connectivity index (χ0v) is 35.5. The lowest BCUT2D eigenvalue weighted by Crippen LogP contribution is -2.72. The Balaban J connectivity index is 0.923. The highest BCUT2D eigenvalue weighted by molar-refractivity contribution is 7.22. The summed E-state index contributed by atoms with van der Waals surface area (Å²) in [5, 5.41) is 10.8. The van der Waals surface area contributed by atoms with E-state index in [9.17, 15) is 0 Å². The van der Waals surface area contributed by atoms with Crippen molar-refractivity contribution in [2.75, 3.05) is 0 Å². The molecule has 2 nitrogen and oxygen atoms in total. The standard InChI is InChI=1S/C60H40N2Si/c1-3-15-41(16-4-1)42-27-31-45(32-28-42)61-55-23-11-7-19-49(55)53-39-43(29-37-57(53)61)44-30-38-58-54(40-44)50-20-8-12-24-56(50)62(58)46-33-35-48(36-34-46)63(47-17-5-2-6-18-47)59-25-13-9-21-51(59)52-22-10-14-26-60(52)63/h1-40H. The molecule has 3 heteroatoms. The molecule has 0 bridgehead atoms. The summed E-state index contributed by atoms with van der Waals surface area (Å²) in [4.78, 5) is 0. The fourth-order valence-electron chi connectivity index (χ4n) is 10.9. The van der Waals surface area contributed by atoms with Crippen LogP contribution in [0.2, 0.25) is 0 Å². The molecule has 0 unspecified atom stereocenters. The molecule has 0 aliphatic carbocycles. The quantitative estimate of drug-likeness (QED) is 0.148. The van der Waals surface area contributed by atoms with E-state index < -0.39 is 8.07 Å². The minimum absolute atomic E-state index is 1.16. The largest absolute Gasteiger partial charge is 0.309 e. The van der Waals surface area contributed by atoms with Crippen LogP contribution in [0.25, 0.3) is 88.4 Å². The Morgan fingerprint density at radius 1 is 0.254 bits per heavy atom. The Bertz CT molecular complexity index is 3660. The van der Waals surface area contributed by atoms with Gasteiger partial charge in [-0.15, -0.1) is 0 Å². The van der Waals surface area contributed by atoms with Gasteiger partial charge >= 0.3 is 0 Å². The van der Waals surface area contributed by atoms with E-state index in [0.717, 1.165) is 5.69 Å². The summed E-state index contributed by atoms with van der Waals surface area (Å²) in [6, 6.07) is 90.2. The van der Waals surface area contributed by atoms with Gasteiger partial charge in [0.25, 0.3) is 0 Å². The minimum Gasteiger partial charge on any atom is -0.309 e. The van der Waals surface area contributed by atoms with Crippen molar-refractivity contribution in [3.05, 3.63) is 243 Å². The van der Waals surface area contributed by atoms with Crippen LogP contribution in [0.5, 0.6) is 0 Å². The average molecular weight is 817 g/mol. The number of rotatable bonds is 6. The van der Waals surface area contributed by atoms with Gasteiger partial charge in [0, 0.05) is 32.9 Å². The number of nitrogens with zero attached hydrogens (tertiary/aromatic N) is 2. The fourth-order valence-corrected chi connectivity index (χ4v) is 16.0. The zero-order valence-electron chi connectivity index (χ0n) is 34.5. The van der Waals surface area contributed by atoms with Gasteiger partial charge in [-0.25, -0.2) is 0 Å². The van der Waals surface area contributed by atoms with Crippen LogP contribution in [0.15, 0.2) is 243 Å². The van der Waals surface area contributed by atoms with Crippen LogP contribution in [0.4, 0.5) is 0 Å². The molecule has 10 aromatic carbocycles. The Morgan fingerprint density at radius 2 is 0.635 bits per heavy atom. The third-order valence-corrected chi connectivity index (χ3v) is 18.5. The van der Waals surface area contributed by atoms with E-state index in [4.69, 9.17) is 0 Å². The van der Waals surface area contributed by atoms with E-state index in [1.807, 2.05) is 0 Å². The number of fused-ring (bicyclic) bond motifs is 9. The minimum atomic E-state index is -2.57. The maximum absolute atomic E-state index is 2.57. The van der Waals surface area contributed by atoms with E-state index >= 15 is 0 Å². The maximum Gasteiger partial charge on any atom is 0.180 e. The molecule has 0 fully saturated rings. The molecular weight excluding hydrogens is 777 g/mol. The number of benzene rings is 10. The molecule has 1 aliphatic heterocycles.